The van der Waals surface area contributed by atoms with E-state index >= 15 is 0 Å². The van der Waals surface area contributed by atoms with Crippen LogP contribution in [0.4, 0.5) is 35.1 Å². The van der Waals surface area contributed by atoms with E-state index in [2.05, 4.69) is 20.8 Å². The van der Waals surface area contributed by atoms with E-state index in [9.17, 15) is 35.1 Å². The van der Waals surface area contributed by atoms with Crippen LogP contribution in [0.15, 0.2) is 0 Å². The minimum atomic E-state index is -2.49. The number of phenols is 2. The number of aromatic hydroxyl groups is 2. The van der Waals surface area contributed by atoms with E-state index in [-0.39, 0.29) is 19.6 Å². The Morgan fingerprint density at radius 2 is 0.700 bits per heavy atom. The van der Waals surface area contributed by atoms with E-state index in [0.717, 1.165) is 0 Å². The van der Waals surface area contributed by atoms with Crippen molar-refractivity contribution in [3.63, 3.8) is 0 Å². The second kappa shape index (κ2) is 11.4. The lowest BCUT2D eigenvalue weighted by Crippen LogP contribution is -2.06. The molecule has 0 aliphatic heterocycles. The zero-order valence-electron chi connectivity index (χ0n) is 16.1. The van der Waals surface area contributed by atoms with Crippen molar-refractivity contribution < 1.29 is 50.8 Å². The summed E-state index contributed by atoms with van der Waals surface area (Å²) >= 11 is -0.171. The van der Waals surface area contributed by atoms with Crippen molar-refractivity contribution in [3.05, 3.63) is 46.5 Å². The molecule has 3 nitrogen and oxygen atoms in total. The quantitative estimate of drug-likeness (QED) is 0.353. The fraction of sp³-hybridized carbons (Fsp3) is 0.333. The molecule has 0 bridgehead atoms. The molecule has 0 saturated carbocycles. The fourth-order valence-corrected chi connectivity index (χ4v) is 4.28. The van der Waals surface area contributed by atoms with Gasteiger partial charge in [-0.25, -0.2) is 17.6 Å². The summed E-state index contributed by atoms with van der Waals surface area (Å²) < 4.78 is 107. The Morgan fingerprint density at radius 3 is 0.833 bits per heavy atom. The predicted molar refractivity (Wildman–Crippen MR) is 95.7 cm³/mol. The Labute approximate surface area is 171 Å². The second-order valence-corrected chi connectivity index (χ2v) is 10.2. The maximum Gasteiger partial charge on any atom is 0.261 e. The molecule has 2 aromatic carbocycles. The Hall–Kier alpha value is -2.03. The zero-order valence-corrected chi connectivity index (χ0v) is 17.3. The Morgan fingerprint density at radius 1 is 0.500 bits per heavy atom. The molecule has 0 radical (unpaired) electrons. The van der Waals surface area contributed by atoms with Crippen LogP contribution >= 0.6 is 0 Å². The number of hydrogen-bond donors (Lipinski definition) is 2. The molecule has 4 N–H and O–H groups in total. The highest BCUT2D eigenvalue weighted by Gasteiger charge is 2.34. The van der Waals surface area contributed by atoms with Crippen LogP contribution in [0, 0.1) is 46.5 Å². The van der Waals surface area contributed by atoms with Gasteiger partial charge in [-0.1, -0.05) is 36.6 Å². The van der Waals surface area contributed by atoms with E-state index in [1.54, 1.807) is 0 Å². The van der Waals surface area contributed by atoms with Crippen LogP contribution in [0.2, 0.25) is 15.8 Å². The van der Waals surface area contributed by atoms with Gasteiger partial charge < -0.3 is 15.7 Å². The number of phenolic OH excluding ortho intramolecular Hbond substituents is 2. The fourth-order valence-electron chi connectivity index (χ4n) is 2.55. The first-order valence-corrected chi connectivity index (χ1v) is 11.0. The lowest BCUT2D eigenvalue weighted by Gasteiger charge is -2.12. The summed E-state index contributed by atoms with van der Waals surface area (Å²) in [5.74, 6) is -23.9. The van der Waals surface area contributed by atoms with Gasteiger partial charge in [0.15, 0.2) is 34.8 Å². The molecular weight excluding hydrogens is 443 g/mol. The zero-order chi connectivity index (χ0) is 22.6. The van der Waals surface area contributed by atoms with Crippen LogP contribution in [0.3, 0.4) is 0 Å². The second-order valence-electron chi connectivity index (χ2n) is 6.05. The SMILES string of the molecule is C[CH2][Al]([CH2]C)[CH2]C.O.Oc1c(F)c(F)c(-c2c(F)c(F)c(O)c(F)c2F)c(F)c1F. The number of rotatable bonds is 4. The Balaban J connectivity index is 0.000000909. The molecule has 0 unspecified atom stereocenters. The van der Waals surface area contributed by atoms with Crippen LogP contribution in [0.25, 0.3) is 11.1 Å². The molecule has 0 aromatic heterocycles. The lowest BCUT2D eigenvalue weighted by atomic mass is 10.0. The number of hydrogen-bond acceptors (Lipinski definition) is 2. The Bertz CT molecular complexity index is 773. The van der Waals surface area contributed by atoms with E-state index in [1.807, 2.05) is 0 Å². The van der Waals surface area contributed by atoms with Crippen molar-refractivity contribution >= 4 is 14.1 Å². The van der Waals surface area contributed by atoms with Crippen molar-refractivity contribution in [1.82, 2.24) is 0 Å². The highest BCUT2D eigenvalue weighted by Crippen LogP contribution is 2.40. The van der Waals surface area contributed by atoms with Gasteiger partial charge in [-0.2, -0.15) is 17.6 Å². The van der Waals surface area contributed by atoms with Crippen LogP contribution in [0.1, 0.15) is 20.8 Å². The molecule has 12 heteroatoms. The highest BCUT2D eigenvalue weighted by atomic mass is 27.2. The van der Waals surface area contributed by atoms with Gasteiger partial charge in [-0.3, -0.25) is 0 Å². The summed E-state index contributed by atoms with van der Waals surface area (Å²) in [5.41, 5.74) is -4.25. The minimum Gasteiger partial charge on any atom is -0.503 e. The normalized spacial score (nSPS) is 10.2. The van der Waals surface area contributed by atoms with Gasteiger partial charge in [-0.15, -0.1) is 0 Å². The maximum atomic E-state index is 13.5. The van der Waals surface area contributed by atoms with E-state index in [0.29, 0.717) is 0 Å². The molecule has 30 heavy (non-hydrogen) atoms. The van der Waals surface area contributed by atoms with Gasteiger partial charge in [0.2, 0.25) is 23.3 Å². The summed E-state index contributed by atoms with van der Waals surface area (Å²) in [4.78, 5) is 0. The summed E-state index contributed by atoms with van der Waals surface area (Å²) in [7, 11) is 0. The monoisotopic (exact) mass is 462 g/mol. The molecule has 168 valence electrons. The van der Waals surface area contributed by atoms with Crippen molar-refractivity contribution in [3.8, 4) is 22.6 Å². The van der Waals surface area contributed by atoms with Crippen molar-refractivity contribution in [2.45, 2.75) is 36.6 Å². The Kier molecular flexibility index (Phi) is 10.6. The molecule has 0 heterocycles. The topological polar surface area (TPSA) is 72.0 Å². The van der Waals surface area contributed by atoms with Crippen LogP contribution in [0.5, 0.6) is 11.5 Å². The van der Waals surface area contributed by atoms with Crippen molar-refractivity contribution in [2.24, 2.45) is 0 Å². The van der Waals surface area contributed by atoms with Crippen LogP contribution in [-0.4, -0.2) is 29.8 Å². The molecule has 0 fully saturated rings. The van der Waals surface area contributed by atoms with Crippen LogP contribution in [-0.2, 0) is 0 Å². The molecule has 0 aliphatic carbocycles. The molecule has 2 rings (SSSR count). The summed E-state index contributed by atoms with van der Waals surface area (Å²) in [5, 5.41) is 21.9. The van der Waals surface area contributed by atoms with Gasteiger partial charge in [0.25, 0.3) is 14.1 Å². The molecule has 0 amide bonds. The molecule has 0 atom stereocenters. The lowest BCUT2D eigenvalue weighted by molar-refractivity contribution is 0.351. The smallest absolute Gasteiger partial charge is 0.261 e. The average molecular weight is 462 g/mol. The van der Waals surface area contributed by atoms with E-state index in [4.69, 9.17) is 10.2 Å². The third-order valence-electron chi connectivity index (χ3n) is 4.46. The highest BCUT2D eigenvalue weighted by molar-refractivity contribution is 6.58. The first-order valence-electron chi connectivity index (χ1n) is 8.56. The number of halogens is 8. The molecule has 0 aliphatic rings. The van der Waals surface area contributed by atoms with E-state index in [1.165, 1.54) is 15.8 Å². The first kappa shape index (κ1) is 28.0. The molecular formula is C18H19AlF8O3. The van der Waals surface area contributed by atoms with Crippen molar-refractivity contribution in [1.29, 1.82) is 0 Å². The summed E-state index contributed by atoms with van der Waals surface area (Å²) in [6.45, 7) is 6.97. The van der Waals surface area contributed by atoms with Gasteiger partial charge >= 0.3 is 0 Å². The van der Waals surface area contributed by atoms with Crippen molar-refractivity contribution in [2.75, 3.05) is 0 Å². The predicted octanol–water partition coefficient (Wildman–Crippen LogP) is 5.59. The van der Waals surface area contributed by atoms with Gasteiger partial charge in [-0.05, 0) is 0 Å². The average Bonchev–Trinajstić information content (AvgIpc) is 2.72. The molecule has 0 spiro atoms. The van der Waals surface area contributed by atoms with Gasteiger partial charge in [0.1, 0.15) is 0 Å². The van der Waals surface area contributed by atoms with Gasteiger partial charge in [0.05, 0.1) is 11.1 Å². The maximum absolute atomic E-state index is 13.5. The van der Waals surface area contributed by atoms with Crippen LogP contribution < -0.4 is 0 Å². The minimum absolute atomic E-state index is 0. The third-order valence-corrected chi connectivity index (χ3v) is 7.93. The number of benzene rings is 2. The third kappa shape index (κ3) is 5.17. The molecule has 0 saturated heterocycles. The largest absolute Gasteiger partial charge is 0.503 e. The summed E-state index contributed by atoms with van der Waals surface area (Å²) in [6.07, 6.45) is 0. The summed E-state index contributed by atoms with van der Waals surface area (Å²) in [6, 6.07) is 0. The van der Waals surface area contributed by atoms with Gasteiger partial charge in [0, 0.05) is 0 Å². The first-order chi connectivity index (χ1) is 13.5. The standard InChI is InChI=1S/C12H2F8O2.3C2H5.Al.H2O/c13-3-1(4(14)8(18)11(21)7(3)17)2-5(15)9(19)12(22)10(20)6(2)16;3*1-2;;/h21-22H;3*1H2,2H3;;1H2. The van der Waals surface area contributed by atoms with E-state index < -0.39 is 69.2 Å². The molecule has 2 aromatic rings.